The standard InChI is InChI=1S/C25H32F3N7O/c1-23(2,36)15-7-9-34(10-8-15)20-19-14-30-35(18-6-4-5-16(11-18)25(26,27)28)21(19)33-22(32-20)31-17-12-24(3,29)13-17/h4-6,11,14-15,17,36H,7-10,12-13,29H2,1-3H3,(H,31,32,33)/t17-,24-. The van der Waals surface area contributed by atoms with Crippen molar-refractivity contribution < 1.29 is 18.3 Å². The summed E-state index contributed by atoms with van der Waals surface area (Å²) in [5.41, 5.74) is 5.13. The highest BCUT2D eigenvalue weighted by Crippen LogP contribution is 2.36. The van der Waals surface area contributed by atoms with E-state index in [9.17, 15) is 18.3 Å². The van der Waals surface area contributed by atoms with E-state index in [4.69, 9.17) is 10.7 Å². The van der Waals surface area contributed by atoms with Gasteiger partial charge in [0.25, 0.3) is 0 Å². The van der Waals surface area contributed by atoms with Gasteiger partial charge in [0.15, 0.2) is 5.65 Å². The number of anilines is 2. The Kier molecular flexibility index (Phi) is 5.90. The maximum Gasteiger partial charge on any atom is 0.416 e. The number of nitrogens with one attached hydrogen (secondary N) is 1. The first-order chi connectivity index (χ1) is 16.8. The van der Waals surface area contributed by atoms with Gasteiger partial charge in [-0.25, -0.2) is 4.68 Å². The highest BCUT2D eigenvalue weighted by Gasteiger charge is 2.38. The van der Waals surface area contributed by atoms with Crippen molar-refractivity contribution in [1.82, 2.24) is 19.7 Å². The van der Waals surface area contributed by atoms with E-state index in [2.05, 4.69) is 20.3 Å². The van der Waals surface area contributed by atoms with E-state index in [1.165, 1.54) is 10.7 Å². The molecular weight excluding hydrogens is 471 g/mol. The third-order valence-corrected chi connectivity index (χ3v) is 7.38. The summed E-state index contributed by atoms with van der Waals surface area (Å²) >= 11 is 0. The van der Waals surface area contributed by atoms with Crippen LogP contribution in [0.5, 0.6) is 0 Å². The number of aliphatic hydroxyl groups is 1. The Balaban J connectivity index is 1.53. The lowest BCUT2D eigenvalue weighted by Crippen LogP contribution is -2.54. The van der Waals surface area contributed by atoms with E-state index in [1.54, 1.807) is 12.3 Å². The number of nitrogens with two attached hydrogens (primary N) is 1. The number of aromatic nitrogens is 4. The lowest BCUT2D eigenvalue weighted by molar-refractivity contribution is -0.137. The van der Waals surface area contributed by atoms with E-state index < -0.39 is 17.3 Å². The van der Waals surface area contributed by atoms with Gasteiger partial charge in [0.1, 0.15) is 5.82 Å². The van der Waals surface area contributed by atoms with Crippen molar-refractivity contribution in [2.45, 2.75) is 69.8 Å². The molecule has 1 aromatic carbocycles. The molecule has 194 valence electrons. The van der Waals surface area contributed by atoms with Gasteiger partial charge in [0.05, 0.1) is 28.4 Å². The second-order valence-electron chi connectivity index (χ2n) is 11.0. The molecule has 0 amide bonds. The molecule has 5 rings (SSSR count). The zero-order valence-corrected chi connectivity index (χ0v) is 20.7. The van der Waals surface area contributed by atoms with Crippen molar-refractivity contribution >= 4 is 22.8 Å². The minimum absolute atomic E-state index is 0.121. The number of hydrogen-bond donors (Lipinski definition) is 3. The van der Waals surface area contributed by atoms with E-state index in [1.807, 2.05) is 20.8 Å². The summed E-state index contributed by atoms with van der Waals surface area (Å²) in [5, 5.41) is 18.9. The van der Waals surface area contributed by atoms with Crippen LogP contribution >= 0.6 is 0 Å². The maximum absolute atomic E-state index is 13.4. The van der Waals surface area contributed by atoms with Crippen molar-refractivity contribution in [2.24, 2.45) is 11.7 Å². The molecule has 3 aromatic rings. The zero-order valence-electron chi connectivity index (χ0n) is 20.7. The van der Waals surface area contributed by atoms with Crippen molar-refractivity contribution in [2.75, 3.05) is 23.3 Å². The lowest BCUT2D eigenvalue weighted by atomic mass is 9.75. The average Bonchev–Trinajstić information content (AvgIpc) is 3.20. The van der Waals surface area contributed by atoms with Gasteiger partial charge in [0.2, 0.25) is 5.95 Å². The molecule has 0 bridgehead atoms. The van der Waals surface area contributed by atoms with Crippen molar-refractivity contribution in [3.63, 3.8) is 0 Å². The molecule has 0 atom stereocenters. The van der Waals surface area contributed by atoms with Gasteiger partial charge in [-0.05, 0) is 70.6 Å². The minimum Gasteiger partial charge on any atom is -0.390 e. The molecule has 4 N–H and O–H groups in total. The van der Waals surface area contributed by atoms with Gasteiger partial charge >= 0.3 is 6.18 Å². The van der Waals surface area contributed by atoms with Gasteiger partial charge in [-0.3, -0.25) is 0 Å². The number of benzene rings is 1. The van der Waals surface area contributed by atoms with Crippen LogP contribution in [0.1, 0.15) is 52.0 Å². The van der Waals surface area contributed by atoms with E-state index in [0.29, 0.717) is 35.9 Å². The van der Waals surface area contributed by atoms with Crippen LogP contribution in [-0.4, -0.2) is 55.1 Å². The second-order valence-corrected chi connectivity index (χ2v) is 11.0. The molecule has 0 spiro atoms. The van der Waals surface area contributed by atoms with Crippen LogP contribution in [0.2, 0.25) is 0 Å². The number of fused-ring (bicyclic) bond motifs is 1. The van der Waals surface area contributed by atoms with E-state index >= 15 is 0 Å². The van der Waals surface area contributed by atoms with Crippen LogP contribution in [0.15, 0.2) is 30.5 Å². The Bertz CT molecular complexity index is 1250. The smallest absolute Gasteiger partial charge is 0.390 e. The van der Waals surface area contributed by atoms with E-state index in [-0.39, 0.29) is 23.2 Å². The predicted octanol–water partition coefficient (Wildman–Crippen LogP) is 4.11. The predicted molar refractivity (Wildman–Crippen MR) is 132 cm³/mol. The van der Waals surface area contributed by atoms with Crippen LogP contribution in [-0.2, 0) is 6.18 Å². The molecule has 2 aliphatic rings. The molecule has 11 heteroatoms. The molecule has 2 fully saturated rings. The molecule has 2 aromatic heterocycles. The fraction of sp³-hybridized carbons (Fsp3) is 0.560. The first kappa shape index (κ1) is 24.8. The van der Waals surface area contributed by atoms with Gasteiger partial charge in [0, 0.05) is 24.7 Å². The van der Waals surface area contributed by atoms with Gasteiger partial charge in [-0.15, -0.1) is 0 Å². The molecule has 1 saturated heterocycles. The highest BCUT2D eigenvalue weighted by atomic mass is 19.4. The third-order valence-electron chi connectivity index (χ3n) is 7.38. The normalized spacial score (nSPS) is 23.7. The van der Waals surface area contributed by atoms with E-state index in [0.717, 1.165) is 37.8 Å². The number of nitrogens with zero attached hydrogens (tertiary/aromatic N) is 5. The fourth-order valence-corrected chi connectivity index (χ4v) is 5.35. The first-order valence-corrected chi connectivity index (χ1v) is 12.3. The summed E-state index contributed by atoms with van der Waals surface area (Å²) in [6.45, 7) is 7.05. The lowest BCUT2D eigenvalue weighted by Gasteiger charge is -2.42. The molecule has 0 unspecified atom stereocenters. The maximum atomic E-state index is 13.4. The van der Waals surface area contributed by atoms with Crippen LogP contribution in [0.3, 0.4) is 0 Å². The molecule has 0 radical (unpaired) electrons. The fourth-order valence-electron chi connectivity index (χ4n) is 5.35. The summed E-state index contributed by atoms with van der Waals surface area (Å²) in [4.78, 5) is 11.6. The SMILES string of the molecule is CC(C)(O)C1CCN(c2nc(N[C@H]3C[C@](C)(N)C3)nc3c2cnn3-c2cccc(C(F)(F)F)c2)CC1. The van der Waals surface area contributed by atoms with Crippen LogP contribution in [0.4, 0.5) is 24.9 Å². The molecule has 1 saturated carbocycles. The van der Waals surface area contributed by atoms with Crippen LogP contribution < -0.4 is 16.0 Å². The Morgan fingerprint density at radius 2 is 1.83 bits per heavy atom. The molecule has 36 heavy (non-hydrogen) atoms. The quantitative estimate of drug-likeness (QED) is 0.481. The second kappa shape index (κ2) is 8.58. The van der Waals surface area contributed by atoms with Gasteiger partial charge in [-0.2, -0.15) is 28.2 Å². The first-order valence-electron chi connectivity index (χ1n) is 12.3. The third kappa shape index (κ3) is 4.86. The van der Waals surface area contributed by atoms with Crippen molar-refractivity contribution in [3.8, 4) is 5.69 Å². The topological polar surface area (TPSA) is 105 Å². The van der Waals surface area contributed by atoms with Gasteiger partial charge < -0.3 is 21.1 Å². The van der Waals surface area contributed by atoms with Crippen molar-refractivity contribution in [1.29, 1.82) is 0 Å². The number of piperidine rings is 1. The number of halogens is 3. The van der Waals surface area contributed by atoms with Gasteiger partial charge in [-0.1, -0.05) is 6.07 Å². The summed E-state index contributed by atoms with van der Waals surface area (Å²) in [6.07, 6.45) is 0.287. The Morgan fingerprint density at radius 3 is 2.44 bits per heavy atom. The Morgan fingerprint density at radius 1 is 1.14 bits per heavy atom. The Labute approximate surface area is 207 Å². The monoisotopic (exact) mass is 503 g/mol. The van der Waals surface area contributed by atoms with Crippen LogP contribution in [0, 0.1) is 5.92 Å². The number of rotatable bonds is 5. The molecule has 1 aliphatic heterocycles. The summed E-state index contributed by atoms with van der Waals surface area (Å²) < 4.78 is 41.5. The Hall–Kier alpha value is -2.92. The average molecular weight is 504 g/mol. The largest absolute Gasteiger partial charge is 0.416 e. The number of alkyl halides is 3. The number of hydrogen-bond acceptors (Lipinski definition) is 7. The zero-order chi connectivity index (χ0) is 25.9. The summed E-state index contributed by atoms with van der Waals surface area (Å²) in [6, 6.07) is 5.18. The van der Waals surface area contributed by atoms with Crippen molar-refractivity contribution in [3.05, 3.63) is 36.0 Å². The molecular formula is C25H32F3N7O. The summed E-state index contributed by atoms with van der Waals surface area (Å²) in [5.74, 6) is 1.26. The molecule has 1 aliphatic carbocycles. The minimum atomic E-state index is -4.46. The molecule has 8 nitrogen and oxygen atoms in total. The highest BCUT2D eigenvalue weighted by molar-refractivity contribution is 5.89. The molecule has 3 heterocycles. The van der Waals surface area contributed by atoms with Crippen LogP contribution in [0.25, 0.3) is 16.7 Å². The summed E-state index contributed by atoms with van der Waals surface area (Å²) in [7, 11) is 0.